The molecule has 0 aliphatic carbocycles. The maximum atomic E-state index is 12.0. The van der Waals surface area contributed by atoms with Crippen LogP contribution in [0.4, 0.5) is 5.82 Å². The van der Waals surface area contributed by atoms with Gasteiger partial charge in [0.2, 0.25) is 5.91 Å². The standard InChI is InChI=1S/C22H35N5O/c1-16(28)26-13-8-19-18(14-26)21(27-10-5-9-22(2,3)15-27)24-20(23-19)17-6-11-25(4)12-7-17/h17H,5-15H2,1-4H3. The van der Waals surface area contributed by atoms with E-state index in [1.165, 1.54) is 24.1 Å². The van der Waals surface area contributed by atoms with Crippen LogP contribution in [0.1, 0.15) is 69.5 Å². The van der Waals surface area contributed by atoms with E-state index < -0.39 is 0 Å². The molecular formula is C22H35N5O. The SMILES string of the molecule is CC(=O)N1CCc2nc(C3CCN(C)CC3)nc(N3CCCC(C)(C)C3)c2C1. The highest BCUT2D eigenvalue weighted by Gasteiger charge is 2.33. The number of carbonyl (C=O) groups excluding carboxylic acids is 1. The number of piperidine rings is 2. The highest BCUT2D eigenvalue weighted by molar-refractivity contribution is 5.74. The predicted octanol–water partition coefficient (Wildman–Crippen LogP) is 2.82. The van der Waals surface area contributed by atoms with Crippen LogP contribution >= 0.6 is 0 Å². The van der Waals surface area contributed by atoms with Gasteiger partial charge in [0, 0.05) is 44.5 Å². The summed E-state index contributed by atoms with van der Waals surface area (Å²) in [5, 5.41) is 0. The van der Waals surface area contributed by atoms with E-state index >= 15 is 0 Å². The number of rotatable bonds is 2. The second-order valence-corrected chi connectivity index (χ2v) is 9.79. The lowest BCUT2D eigenvalue weighted by atomic mass is 9.84. The Hall–Kier alpha value is -1.69. The Bertz CT molecular complexity index is 739. The van der Waals surface area contributed by atoms with Gasteiger partial charge in [-0.2, -0.15) is 0 Å². The fraction of sp³-hybridized carbons (Fsp3) is 0.773. The van der Waals surface area contributed by atoms with E-state index in [9.17, 15) is 4.79 Å². The highest BCUT2D eigenvalue weighted by atomic mass is 16.2. The lowest BCUT2D eigenvalue weighted by molar-refractivity contribution is -0.129. The molecule has 0 atom stereocenters. The molecule has 0 bridgehead atoms. The maximum absolute atomic E-state index is 12.0. The fourth-order valence-corrected chi connectivity index (χ4v) is 5.00. The number of likely N-dealkylation sites (tertiary alicyclic amines) is 1. The maximum Gasteiger partial charge on any atom is 0.219 e. The molecule has 6 heteroatoms. The summed E-state index contributed by atoms with van der Waals surface area (Å²) >= 11 is 0. The van der Waals surface area contributed by atoms with Crippen molar-refractivity contribution in [2.45, 2.75) is 65.3 Å². The molecular weight excluding hydrogens is 350 g/mol. The molecule has 2 saturated heterocycles. The Balaban J connectivity index is 1.70. The smallest absolute Gasteiger partial charge is 0.219 e. The monoisotopic (exact) mass is 385 g/mol. The molecule has 0 unspecified atom stereocenters. The normalized spacial score (nSPS) is 23.6. The van der Waals surface area contributed by atoms with Crippen LogP contribution < -0.4 is 4.90 Å². The van der Waals surface area contributed by atoms with E-state index in [1.807, 2.05) is 4.90 Å². The number of anilines is 1. The Morgan fingerprint density at radius 3 is 2.54 bits per heavy atom. The largest absolute Gasteiger partial charge is 0.356 e. The lowest BCUT2D eigenvalue weighted by Gasteiger charge is -2.41. The quantitative estimate of drug-likeness (QED) is 0.784. The van der Waals surface area contributed by atoms with Crippen molar-refractivity contribution in [2.75, 3.05) is 44.7 Å². The number of aromatic nitrogens is 2. The summed E-state index contributed by atoms with van der Waals surface area (Å²) in [6.07, 6.45) is 5.59. The number of carbonyl (C=O) groups is 1. The topological polar surface area (TPSA) is 52.6 Å². The number of hydrogen-bond acceptors (Lipinski definition) is 5. The molecule has 4 rings (SSSR count). The van der Waals surface area contributed by atoms with Crippen molar-refractivity contribution in [1.29, 1.82) is 0 Å². The van der Waals surface area contributed by atoms with Crippen LogP contribution in [-0.2, 0) is 17.8 Å². The van der Waals surface area contributed by atoms with Crippen LogP contribution in [0.15, 0.2) is 0 Å². The van der Waals surface area contributed by atoms with Gasteiger partial charge in [0.05, 0.1) is 12.2 Å². The van der Waals surface area contributed by atoms with Crippen LogP contribution in [0.25, 0.3) is 0 Å². The summed E-state index contributed by atoms with van der Waals surface area (Å²) in [5.41, 5.74) is 2.68. The molecule has 1 aromatic rings. The third-order valence-electron chi connectivity index (χ3n) is 6.78. The van der Waals surface area contributed by atoms with Gasteiger partial charge in [-0.05, 0) is 51.2 Å². The van der Waals surface area contributed by atoms with E-state index in [-0.39, 0.29) is 5.91 Å². The zero-order valence-corrected chi connectivity index (χ0v) is 18.0. The Morgan fingerprint density at radius 1 is 1.11 bits per heavy atom. The van der Waals surface area contributed by atoms with E-state index in [0.717, 1.165) is 63.6 Å². The van der Waals surface area contributed by atoms with Crippen LogP contribution in [0.2, 0.25) is 0 Å². The molecule has 0 saturated carbocycles. The van der Waals surface area contributed by atoms with Gasteiger partial charge in [-0.15, -0.1) is 0 Å². The summed E-state index contributed by atoms with van der Waals surface area (Å²) < 4.78 is 0. The van der Waals surface area contributed by atoms with Gasteiger partial charge in [0.25, 0.3) is 0 Å². The minimum Gasteiger partial charge on any atom is -0.356 e. The average Bonchev–Trinajstić information content (AvgIpc) is 2.66. The van der Waals surface area contributed by atoms with Gasteiger partial charge in [0.1, 0.15) is 11.6 Å². The highest BCUT2D eigenvalue weighted by Crippen LogP contribution is 2.36. The molecule has 0 aromatic carbocycles. The molecule has 1 amide bonds. The summed E-state index contributed by atoms with van der Waals surface area (Å²) in [7, 11) is 2.20. The molecule has 154 valence electrons. The second kappa shape index (κ2) is 7.62. The van der Waals surface area contributed by atoms with Crippen LogP contribution in [0.3, 0.4) is 0 Å². The van der Waals surface area contributed by atoms with Crippen molar-refractivity contribution < 1.29 is 4.79 Å². The van der Waals surface area contributed by atoms with Crippen molar-refractivity contribution in [2.24, 2.45) is 5.41 Å². The molecule has 6 nitrogen and oxygen atoms in total. The molecule has 3 aliphatic rings. The minimum absolute atomic E-state index is 0.148. The molecule has 28 heavy (non-hydrogen) atoms. The minimum atomic E-state index is 0.148. The Morgan fingerprint density at radius 2 is 1.86 bits per heavy atom. The van der Waals surface area contributed by atoms with E-state index in [2.05, 4.69) is 30.7 Å². The Labute approximate surface area is 169 Å². The molecule has 1 aromatic heterocycles. The fourth-order valence-electron chi connectivity index (χ4n) is 5.00. The first-order valence-corrected chi connectivity index (χ1v) is 10.9. The molecule has 3 aliphatic heterocycles. The van der Waals surface area contributed by atoms with Gasteiger partial charge >= 0.3 is 0 Å². The summed E-state index contributed by atoms with van der Waals surface area (Å²) in [6.45, 7) is 12.1. The van der Waals surface area contributed by atoms with Crippen LogP contribution in [-0.4, -0.2) is 65.4 Å². The van der Waals surface area contributed by atoms with Crippen molar-refractivity contribution in [3.63, 3.8) is 0 Å². The zero-order valence-electron chi connectivity index (χ0n) is 18.0. The molecule has 2 fully saturated rings. The van der Waals surface area contributed by atoms with Gasteiger partial charge in [0.15, 0.2) is 0 Å². The first-order valence-electron chi connectivity index (χ1n) is 10.9. The summed E-state index contributed by atoms with van der Waals surface area (Å²) in [6, 6.07) is 0. The van der Waals surface area contributed by atoms with Crippen molar-refractivity contribution >= 4 is 11.7 Å². The number of nitrogens with zero attached hydrogens (tertiary/aromatic N) is 5. The first-order chi connectivity index (χ1) is 13.3. The number of hydrogen-bond donors (Lipinski definition) is 0. The zero-order chi connectivity index (χ0) is 19.9. The third kappa shape index (κ3) is 4.02. The Kier molecular flexibility index (Phi) is 5.34. The summed E-state index contributed by atoms with van der Waals surface area (Å²) in [5.74, 6) is 2.76. The van der Waals surface area contributed by atoms with E-state index in [4.69, 9.17) is 9.97 Å². The lowest BCUT2D eigenvalue weighted by Crippen LogP contribution is -2.43. The van der Waals surface area contributed by atoms with Gasteiger partial charge in [-0.25, -0.2) is 9.97 Å². The third-order valence-corrected chi connectivity index (χ3v) is 6.78. The second-order valence-electron chi connectivity index (χ2n) is 9.79. The predicted molar refractivity (Wildman–Crippen MR) is 112 cm³/mol. The van der Waals surface area contributed by atoms with Gasteiger partial charge in [-0.1, -0.05) is 13.8 Å². The number of fused-ring (bicyclic) bond motifs is 1. The van der Waals surface area contributed by atoms with Crippen molar-refractivity contribution in [1.82, 2.24) is 19.8 Å². The van der Waals surface area contributed by atoms with Crippen molar-refractivity contribution in [3.05, 3.63) is 17.1 Å². The molecule has 0 N–H and O–H groups in total. The molecule has 0 spiro atoms. The van der Waals surface area contributed by atoms with Crippen LogP contribution in [0.5, 0.6) is 0 Å². The van der Waals surface area contributed by atoms with E-state index in [1.54, 1.807) is 6.92 Å². The van der Waals surface area contributed by atoms with Gasteiger partial charge in [-0.3, -0.25) is 4.79 Å². The van der Waals surface area contributed by atoms with Gasteiger partial charge < -0.3 is 14.7 Å². The molecule has 4 heterocycles. The van der Waals surface area contributed by atoms with Crippen molar-refractivity contribution in [3.8, 4) is 0 Å². The number of amides is 1. The first kappa shape index (κ1) is 19.6. The molecule has 0 radical (unpaired) electrons. The average molecular weight is 386 g/mol. The summed E-state index contributed by atoms with van der Waals surface area (Å²) in [4.78, 5) is 29.1. The van der Waals surface area contributed by atoms with E-state index in [0.29, 0.717) is 17.9 Å². The van der Waals surface area contributed by atoms with Crippen LogP contribution in [0, 0.1) is 5.41 Å².